The van der Waals surface area contributed by atoms with Crippen molar-refractivity contribution in [1.82, 2.24) is 0 Å². The minimum Gasteiger partial charge on any atom is -0.386 e. The smallest absolute Gasteiger partial charge is 0.265 e. The molecule has 0 aromatic heterocycles. The van der Waals surface area contributed by atoms with E-state index in [4.69, 9.17) is 4.84 Å². The normalized spacial score (nSPS) is 11.3. The monoisotopic (exact) mass is 352 g/mol. The molecule has 0 bridgehead atoms. The van der Waals surface area contributed by atoms with Crippen molar-refractivity contribution in [1.29, 1.82) is 0 Å². The lowest BCUT2D eigenvalue weighted by atomic mass is 9.92. The Hall–Kier alpha value is -2.62. The Kier molecular flexibility index (Phi) is 6.96. The van der Waals surface area contributed by atoms with E-state index in [0.717, 1.165) is 22.4 Å². The summed E-state index contributed by atoms with van der Waals surface area (Å²) < 4.78 is 0. The van der Waals surface area contributed by atoms with Crippen LogP contribution in [0.1, 0.15) is 61.8 Å². The SMILES string of the molecule is Cc1ccc(/C=N\OCC(=O)Nc2c(C(C)C)cccc2C(C)C)cc1. The topological polar surface area (TPSA) is 50.7 Å². The number of amides is 1. The number of hydrogen-bond donors (Lipinski definition) is 1. The Morgan fingerprint density at radius 3 is 2.15 bits per heavy atom. The van der Waals surface area contributed by atoms with E-state index in [1.54, 1.807) is 6.21 Å². The molecule has 0 atom stereocenters. The molecule has 0 aliphatic rings. The van der Waals surface area contributed by atoms with E-state index in [1.807, 2.05) is 37.3 Å². The highest BCUT2D eigenvalue weighted by Crippen LogP contribution is 2.32. The quantitative estimate of drug-likeness (QED) is 0.548. The second-order valence-corrected chi connectivity index (χ2v) is 7.09. The first kappa shape index (κ1) is 19.7. The van der Waals surface area contributed by atoms with Crippen molar-refractivity contribution in [3.05, 3.63) is 64.7 Å². The molecule has 0 aliphatic carbocycles. The number of anilines is 1. The predicted octanol–water partition coefficient (Wildman–Crippen LogP) is 5.23. The number of rotatable bonds is 7. The van der Waals surface area contributed by atoms with Crippen LogP contribution in [-0.2, 0) is 9.63 Å². The molecule has 138 valence electrons. The third-order valence-electron chi connectivity index (χ3n) is 4.19. The fourth-order valence-corrected chi connectivity index (χ4v) is 2.72. The van der Waals surface area contributed by atoms with E-state index in [9.17, 15) is 4.79 Å². The lowest BCUT2D eigenvalue weighted by molar-refractivity contribution is -0.120. The first-order chi connectivity index (χ1) is 12.4. The summed E-state index contributed by atoms with van der Waals surface area (Å²) in [7, 11) is 0. The zero-order valence-corrected chi connectivity index (χ0v) is 16.2. The van der Waals surface area contributed by atoms with Gasteiger partial charge in [-0.1, -0.05) is 80.9 Å². The predicted molar refractivity (Wildman–Crippen MR) is 108 cm³/mol. The molecule has 1 amide bonds. The summed E-state index contributed by atoms with van der Waals surface area (Å²) in [6.07, 6.45) is 1.61. The van der Waals surface area contributed by atoms with Gasteiger partial charge in [-0.2, -0.15) is 0 Å². The van der Waals surface area contributed by atoms with Crippen LogP contribution in [0.25, 0.3) is 0 Å². The molecule has 1 N–H and O–H groups in total. The van der Waals surface area contributed by atoms with E-state index in [2.05, 4.69) is 50.3 Å². The number of carbonyl (C=O) groups is 1. The highest BCUT2D eigenvalue weighted by Gasteiger charge is 2.16. The van der Waals surface area contributed by atoms with Crippen molar-refractivity contribution >= 4 is 17.8 Å². The highest BCUT2D eigenvalue weighted by molar-refractivity contribution is 5.93. The summed E-state index contributed by atoms with van der Waals surface area (Å²) in [4.78, 5) is 17.5. The molecule has 4 nitrogen and oxygen atoms in total. The standard InChI is InChI=1S/C22H28N2O2/c1-15(2)19-7-6-8-20(16(3)4)22(19)24-21(25)14-26-23-13-18-11-9-17(5)10-12-18/h6-13,15-16H,14H2,1-5H3,(H,24,25)/b23-13-. The highest BCUT2D eigenvalue weighted by atomic mass is 16.6. The van der Waals surface area contributed by atoms with Crippen LogP contribution in [0.15, 0.2) is 47.6 Å². The van der Waals surface area contributed by atoms with Gasteiger partial charge in [0.1, 0.15) is 0 Å². The molecule has 2 rings (SSSR count). The number of benzene rings is 2. The van der Waals surface area contributed by atoms with Crippen LogP contribution in [0.3, 0.4) is 0 Å². The van der Waals surface area contributed by atoms with Crippen LogP contribution in [0, 0.1) is 6.92 Å². The first-order valence-electron chi connectivity index (χ1n) is 9.03. The zero-order chi connectivity index (χ0) is 19.1. The Morgan fingerprint density at radius 1 is 1.04 bits per heavy atom. The summed E-state index contributed by atoms with van der Waals surface area (Å²) in [5.41, 5.74) is 5.28. The summed E-state index contributed by atoms with van der Waals surface area (Å²) >= 11 is 0. The largest absolute Gasteiger partial charge is 0.386 e. The van der Waals surface area contributed by atoms with Gasteiger partial charge < -0.3 is 10.2 Å². The Balaban J connectivity index is 2.00. The minimum atomic E-state index is -0.207. The summed E-state index contributed by atoms with van der Waals surface area (Å²) in [6, 6.07) is 14.1. The van der Waals surface area contributed by atoms with Gasteiger partial charge in [0.25, 0.3) is 5.91 Å². The molecule has 2 aromatic carbocycles. The maximum atomic E-state index is 12.3. The van der Waals surface area contributed by atoms with Crippen molar-refractivity contribution in [2.24, 2.45) is 5.16 Å². The Morgan fingerprint density at radius 2 is 1.62 bits per heavy atom. The van der Waals surface area contributed by atoms with E-state index >= 15 is 0 Å². The number of para-hydroxylation sites is 1. The average molecular weight is 352 g/mol. The minimum absolute atomic E-state index is 0.119. The average Bonchev–Trinajstić information content (AvgIpc) is 2.60. The number of hydrogen-bond acceptors (Lipinski definition) is 3. The van der Waals surface area contributed by atoms with E-state index < -0.39 is 0 Å². The third-order valence-corrected chi connectivity index (χ3v) is 4.19. The molecule has 0 spiro atoms. The van der Waals surface area contributed by atoms with Crippen LogP contribution >= 0.6 is 0 Å². The van der Waals surface area contributed by atoms with Crippen LogP contribution < -0.4 is 5.32 Å². The van der Waals surface area contributed by atoms with Gasteiger partial charge in [-0.15, -0.1) is 0 Å². The molecule has 4 heteroatoms. The fraction of sp³-hybridized carbons (Fsp3) is 0.364. The summed E-state index contributed by atoms with van der Waals surface area (Å²) in [5.74, 6) is 0.440. The molecule has 0 saturated carbocycles. The summed E-state index contributed by atoms with van der Waals surface area (Å²) in [6.45, 7) is 10.4. The van der Waals surface area contributed by atoms with E-state index in [-0.39, 0.29) is 12.5 Å². The third kappa shape index (κ3) is 5.45. The zero-order valence-electron chi connectivity index (χ0n) is 16.2. The van der Waals surface area contributed by atoms with E-state index in [0.29, 0.717) is 11.8 Å². The molecule has 0 radical (unpaired) electrons. The van der Waals surface area contributed by atoms with Gasteiger partial charge in [0.05, 0.1) is 6.21 Å². The van der Waals surface area contributed by atoms with Crippen LogP contribution in [0.5, 0.6) is 0 Å². The van der Waals surface area contributed by atoms with Crippen LogP contribution in [0.4, 0.5) is 5.69 Å². The molecular formula is C22H28N2O2. The second kappa shape index (κ2) is 9.18. The lowest BCUT2D eigenvalue weighted by Gasteiger charge is -2.19. The maximum Gasteiger partial charge on any atom is 0.265 e. The molecule has 0 fully saturated rings. The maximum absolute atomic E-state index is 12.3. The molecule has 0 aliphatic heterocycles. The van der Waals surface area contributed by atoms with Crippen LogP contribution in [-0.4, -0.2) is 18.7 Å². The number of carbonyl (C=O) groups excluding carboxylic acids is 1. The van der Waals surface area contributed by atoms with Gasteiger partial charge in [0, 0.05) is 5.69 Å². The van der Waals surface area contributed by atoms with Gasteiger partial charge in [-0.25, -0.2) is 0 Å². The van der Waals surface area contributed by atoms with Crippen molar-refractivity contribution < 1.29 is 9.63 Å². The number of oxime groups is 1. The molecule has 0 heterocycles. The van der Waals surface area contributed by atoms with Crippen molar-refractivity contribution in [2.75, 3.05) is 11.9 Å². The van der Waals surface area contributed by atoms with Gasteiger partial charge in [-0.3, -0.25) is 4.79 Å². The fourth-order valence-electron chi connectivity index (χ4n) is 2.72. The lowest BCUT2D eigenvalue weighted by Crippen LogP contribution is -2.19. The van der Waals surface area contributed by atoms with Crippen molar-refractivity contribution in [2.45, 2.75) is 46.5 Å². The number of aryl methyl sites for hydroxylation is 1. The number of nitrogens with one attached hydrogen (secondary N) is 1. The number of nitrogens with zero attached hydrogens (tertiary/aromatic N) is 1. The molecule has 0 saturated heterocycles. The van der Waals surface area contributed by atoms with Crippen LogP contribution in [0.2, 0.25) is 0 Å². The van der Waals surface area contributed by atoms with Gasteiger partial charge in [-0.05, 0) is 35.4 Å². The Labute approximate surface area is 156 Å². The van der Waals surface area contributed by atoms with Crippen molar-refractivity contribution in [3.63, 3.8) is 0 Å². The second-order valence-electron chi connectivity index (χ2n) is 7.09. The van der Waals surface area contributed by atoms with Gasteiger partial charge in [0.15, 0.2) is 6.61 Å². The summed E-state index contributed by atoms with van der Waals surface area (Å²) in [5, 5.41) is 6.89. The van der Waals surface area contributed by atoms with Crippen molar-refractivity contribution in [3.8, 4) is 0 Å². The van der Waals surface area contributed by atoms with Gasteiger partial charge in [0.2, 0.25) is 0 Å². The molecule has 26 heavy (non-hydrogen) atoms. The van der Waals surface area contributed by atoms with E-state index in [1.165, 1.54) is 5.56 Å². The first-order valence-corrected chi connectivity index (χ1v) is 9.03. The Bertz CT molecular complexity index is 736. The molecule has 0 unspecified atom stereocenters. The van der Waals surface area contributed by atoms with Gasteiger partial charge >= 0.3 is 0 Å². The molecule has 2 aromatic rings. The molecular weight excluding hydrogens is 324 g/mol.